The van der Waals surface area contributed by atoms with Gasteiger partial charge in [-0.2, -0.15) is 5.10 Å². The molecule has 1 atom stereocenters. The van der Waals surface area contributed by atoms with Crippen LogP contribution >= 0.6 is 23.4 Å². The first kappa shape index (κ1) is 19.2. The van der Waals surface area contributed by atoms with Gasteiger partial charge in [0.25, 0.3) is 5.56 Å². The molecule has 3 heterocycles. The van der Waals surface area contributed by atoms with E-state index in [-0.39, 0.29) is 11.5 Å². The van der Waals surface area contributed by atoms with Gasteiger partial charge in [0.05, 0.1) is 22.2 Å². The highest BCUT2D eigenvalue weighted by Gasteiger charge is 2.18. The number of H-pyrrole nitrogens is 1. The highest BCUT2D eigenvalue weighted by atomic mass is 35.5. The van der Waals surface area contributed by atoms with Crippen molar-refractivity contribution in [2.45, 2.75) is 17.3 Å². The Morgan fingerprint density at radius 2 is 2.00 bits per heavy atom. The van der Waals surface area contributed by atoms with Gasteiger partial charge in [-0.25, -0.2) is 14.6 Å². The normalized spacial score (nSPS) is 12.1. The minimum atomic E-state index is -0.527. The fraction of sp³-hybridized carbons (Fsp3) is 0.105. The first-order chi connectivity index (χ1) is 14.0. The van der Waals surface area contributed by atoms with Crippen molar-refractivity contribution in [2.75, 3.05) is 5.32 Å². The number of amides is 1. The van der Waals surface area contributed by atoms with Gasteiger partial charge >= 0.3 is 0 Å². The molecule has 3 aromatic heterocycles. The number of hydrogen-bond donors (Lipinski definition) is 2. The molecule has 8 nitrogen and oxygen atoms in total. The lowest BCUT2D eigenvalue weighted by Crippen LogP contribution is -2.23. The van der Waals surface area contributed by atoms with Crippen LogP contribution in [0, 0.1) is 0 Å². The van der Waals surface area contributed by atoms with Crippen LogP contribution in [0.5, 0.6) is 0 Å². The molecule has 0 spiro atoms. The summed E-state index contributed by atoms with van der Waals surface area (Å²) >= 11 is 6.94. The van der Waals surface area contributed by atoms with Crippen molar-refractivity contribution in [1.29, 1.82) is 0 Å². The SMILES string of the molecule is CC(Sc1nc2c(cnn2-c2ccccc2)c(=O)[nH]1)C(=O)Nc1ccc(Cl)cn1. The van der Waals surface area contributed by atoms with Gasteiger partial charge in [-0.15, -0.1) is 0 Å². The van der Waals surface area contributed by atoms with Gasteiger partial charge in [-0.1, -0.05) is 41.6 Å². The number of benzene rings is 1. The number of carbonyl (C=O) groups excluding carboxylic acids is 1. The summed E-state index contributed by atoms with van der Waals surface area (Å²) in [6.07, 6.45) is 2.93. The quantitative estimate of drug-likeness (QED) is 0.374. The number of nitrogens with one attached hydrogen (secondary N) is 2. The number of para-hydroxylation sites is 1. The molecular weight excluding hydrogens is 412 g/mol. The van der Waals surface area contributed by atoms with Gasteiger partial charge in [0.15, 0.2) is 10.8 Å². The molecule has 1 amide bonds. The minimum Gasteiger partial charge on any atom is -0.310 e. The molecule has 0 aliphatic rings. The molecular formula is C19H15ClN6O2S. The van der Waals surface area contributed by atoms with E-state index in [4.69, 9.17) is 11.6 Å². The topological polar surface area (TPSA) is 106 Å². The van der Waals surface area contributed by atoms with Crippen LogP contribution in [0.2, 0.25) is 5.02 Å². The van der Waals surface area contributed by atoms with Crippen LogP contribution in [-0.4, -0.2) is 35.9 Å². The minimum absolute atomic E-state index is 0.274. The van der Waals surface area contributed by atoms with Gasteiger partial charge in [0, 0.05) is 6.20 Å². The molecule has 10 heteroatoms. The largest absolute Gasteiger partial charge is 0.310 e. The number of halogens is 1. The van der Waals surface area contributed by atoms with E-state index in [0.717, 1.165) is 17.4 Å². The maximum atomic E-state index is 12.4. The summed E-state index contributed by atoms with van der Waals surface area (Å²) in [5.41, 5.74) is 0.900. The summed E-state index contributed by atoms with van der Waals surface area (Å²) < 4.78 is 1.59. The summed E-state index contributed by atoms with van der Waals surface area (Å²) in [5.74, 6) is 0.120. The lowest BCUT2D eigenvalue weighted by molar-refractivity contribution is -0.115. The molecule has 0 saturated carbocycles. The Hall–Kier alpha value is -3.17. The molecule has 2 N–H and O–H groups in total. The number of pyridine rings is 1. The lowest BCUT2D eigenvalue weighted by atomic mass is 10.3. The van der Waals surface area contributed by atoms with E-state index >= 15 is 0 Å². The van der Waals surface area contributed by atoms with Crippen LogP contribution in [0.1, 0.15) is 6.92 Å². The third kappa shape index (κ3) is 4.15. The number of aromatic nitrogens is 5. The van der Waals surface area contributed by atoms with Crippen molar-refractivity contribution >= 4 is 46.1 Å². The summed E-state index contributed by atoms with van der Waals surface area (Å²) in [6.45, 7) is 1.72. The average Bonchev–Trinajstić information content (AvgIpc) is 3.15. The second-order valence-corrected chi connectivity index (χ2v) is 7.88. The third-order valence-electron chi connectivity index (χ3n) is 4.05. The van der Waals surface area contributed by atoms with Crippen molar-refractivity contribution in [3.05, 3.63) is 70.2 Å². The predicted molar refractivity (Wildman–Crippen MR) is 113 cm³/mol. The van der Waals surface area contributed by atoms with E-state index in [1.54, 1.807) is 23.7 Å². The van der Waals surface area contributed by atoms with Gasteiger partial charge in [0.1, 0.15) is 11.2 Å². The molecule has 0 fully saturated rings. The van der Waals surface area contributed by atoms with Gasteiger partial charge in [-0.3, -0.25) is 9.59 Å². The molecule has 1 aromatic carbocycles. The number of nitrogens with zero attached hydrogens (tertiary/aromatic N) is 4. The number of hydrogen-bond acceptors (Lipinski definition) is 6. The summed E-state index contributed by atoms with van der Waals surface area (Å²) in [4.78, 5) is 36.1. The summed E-state index contributed by atoms with van der Waals surface area (Å²) in [7, 11) is 0. The monoisotopic (exact) mass is 426 g/mol. The molecule has 0 aliphatic carbocycles. The van der Waals surface area contributed by atoms with Crippen LogP contribution in [-0.2, 0) is 4.79 Å². The standard InChI is InChI=1S/C19H15ClN6O2S/c1-11(17(27)23-15-8-7-12(20)9-21-15)29-19-24-16-14(18(28)25-19)10-22-26(16)13-5-3-2-4-6-13/h2-11H,1H3,(H,21,23,27)(H,24,25,28). The average molecular weight is 427 g/mol. The number of aromatic amines is 1. The Labute approximate surface area is 174 Å². The van der Waals surface area contributed by atoms with Crippen molar-refractivity contribution < 1.29 is 4.79 Å². The highest BCUT2D eigenvalue weighted by molar-refractivity contribution is 8.00. The van der Waals surface area contributed by atoms with Crippen molar-refractivity contribution in [2.24, 2.45) is 0 Å². The fourth-order valence-electron chi connectivity index (χ4n) is 2.61. The third-order valence-corrected chi connectivity index (χ3v) is 5.26. The summed E-state index contributed by atoms with van der Waals surface area (Å²) in [6, 6.07) is 12.6. The second-order valence-electron chi connectivity index (χ2n) is 6.11. The Balaban J connectivity index is 1.58. The molecule has 0 aliphatic heterocycles. The smallest absolute Gasteiger partial charge is 0.262 e. The van der Waals surface area contributed by atoms with Crippen LogP contribution in [0.15, 0.2) is 64.8 Å². The van der Waals surface area contributed by atoms with E-state index in [9.17, 15) is 9.59 Å². The number of rotatable bonds is 5. The lowest BCUT2D eigenvalue weighted by Gasteiger charge is -2.11. The van der Waals surface area contributed by atoms with Crippen molar-refractivity contribution in [3.63, 3.8) is 0 Å². The zero-order chi connectivity index (χ0) is 20.4. The van der Waals surface area contributed by atoms with Crippen molar-refractivity contribution in [1.82, 2.24) is 24.7 Å². The van der Waals surface area contributed by atoms with E-state index < -0.39 is 5.25 Å². The predicted octanol–water partition coefficient (Wildman–Crippen LogP) is 3.28. The molecule has 0 saturated heterocycles. The van der Waals surface area contributed by atoms with Crippen LogP contribution < -0.4 is 10.9 Å². The van der Waals surface area contributed by atoms with Crippen LogP contribution in [0.25, 0.3) is 16.7 Å². The molecule has 0 radical (unpaired) electrons. The van der Waals surface area contributed by atoms with E-state index in [1.807, 2.05) is 30.3 Å². The Kier molecular flexibility index (Phi) is 5.32. The van der Waals surface area contributed by atoms with Crippen LogP contribution in [0.3, 0.4) is 0 Å². The first-order valence-electron chi connectivity index (χ1n) is 8.64. The maximum Gasteiger partial charge on any atom is 0.262 e. The van der Waals surface area contributed by atoms with Gasteiger partial charge in [-0.05, 0) is 31.2 Å². The molecule has 4 aromatic rings. The Bertz CT molecular complexity index is 1220. The molecule has 29 heavy (non-hydrogen) atoms. The zero-order valence-corrected chi connectivity index (χ0v) is 16.7. The summed E-state index contributed by atoms with van der Waals surface area (Å²) in [5, 5.41) is 7.63. The molecule has 146 valence electrons. The number of thioether (sulfide) groups is 1. The fourth-order valence-corrected chi connectivity index (χ4v) is 3.51. The van der Waals surface area contributed by atoms with E-state index in [0.29, 0.717) is 27.0 Å². The van der Waals surface area contributed by atoms with Gasteiger partial charge < -0.3 is 10.3 Å². The maximum absolute atomic E-state index is 12.4. The first-order valence-corrected chi connectivity index (χ1v) is 9.89. The number of fused-ring (bicyclic) bond motifs is 1. The van der Waals surface area contributed by atoms with Crippen molar-refractivity contribution in [3.8, 4) is 5.69 Å². The van der Waals surface area contributed by atoms with E-state index in [2.05, 4.69) is 25.4 Å². The van der Waals surface area contributed by atoms with Crippen LogP contribution in [0.4, 0.5) is 5.82 Å². The molecule has 0 bridgehead atoms. The van der Waals surface area contributed by atoms with Gasteiger partial charge in [0.2, 0.25) is 5.91 Å². The molecule has 4 rings (SSSR count). The molecule has 1 unspecified atom stereocenters. The number of anilines is 1. The Morgan fingerprint density at radius 3 is 2.72 bits per heavy atom. The van der Waals surface area contributed by atoms with E-state index in [1.165, 1.54) is 12.4 Å². The Morgan fingerprint density at radius 1 is 1.21 bits per heavy atom. The number of carbonyl (C=O) groups is 1. The second kappa shape index (κ2) is 8.06. The highest BCUT2D eigenvalue weighted by Crippen LogP contribution is 2.22. The zero-order valence-electron chi connectivity index (χ0n) is 15.2.